The Morgan fingerprint density at radius 2 is 1.83 bits per heavy atom. The maximum atomic E-state index is 13.1. The number of aryl methyl sites for hydroxylation is 1. The molecule has 160 valence electrons. The standard InChI is InChI=1S/C22H26N2O5S/c1-16-7-9-19(10-8-16)23-30(26,27)20-6-2-4-17(14-20)21(25)24-11-3-5-18(15-24)22-28-12-13-29-22/h2,4,6-10,14,18,22-23H,3,5,11-13,15H2,1H3. The minimum Gasteiger partial charge on any atom is -0.350 e. The molecule has 2 saturated heterocycles. The summed E-state index contributed by atoms with van der Waals surface area (Å²) in [4.78, 5) is 14.9. The van der Waals surface area contributed by atoms with Crippen LogP contribution in [-0.4, -0.2) is 51.8 Å². The molecule has 0 radical (unpaired) electrons. The van der Waals surface area contributed by atoms with Crippen LogP contribution in [-0.2, 0) is 19.5 Å². The fraction of sp³-hybridized carbons (Fsp3) is 0.409. The van der Waals surface area contributed by atoms with E-state index in [1.807, 2.05) is 19.1 Å². The Morgan fingerprint density at radius 1 is 1.10 bits per heavy atom. The molecule has 1 unspecified atom stereocenters. The van der Waals surface area contributed by atoms with E-state index in [4.69, 9.17) is 9.47 Å². The maximum Gasteiger partial charge on any atom is 0.261 e. The number of rotatable bonds is 5. The lowest BCUT2D eigenvalue weighted by Crippen LogP contribution is -2.43. The van der Waals surface area contributed by atoms with Gasteiger partial charge in [-0.25, -0.2) is 8.42 Å². The average molecular weight is 431 g/mol. The first-order valence-corrected chi connectivity index (χ1v) is 11.6. The highest BCUT2D eigenvalue weighted by Crippen LogP contribution is 2.26. The molecule has 0 bridgehead atoms. The van der Waals surface area contributed by atoms with E-state index in [2.05, 4.69) is 4.72 Å². The summed E-state index contributed by atoms with van der Waals surface area (Å²) in [7, 11) is -3.80. The number of nitrogens with zero attached hydrogens (tertiary/aromatic N) is 1. The van der Waals surface area contributed by atoms with Crippen molar-refractivity contribution >= 4 is 21.6 Å². The van der Waals surface area contributed by atoms with Crippen LogP contribution in [0.15, 0.2) is 53.4 Å². The molecule has 0 aliphatic carbocycles. The molecular weight excluding hydrogens is 404 g/mol. The molecule has 0 saturated carbocycles. The van der Waals surface area contributed by atoms with Crippen LogP contribution in [0, 0.1) is 12.8 Å². The summed E-state index contributed by atoms with van der Waals surface area (Å²) in [6.07, 6.45) is 1.56. The second-order valence-corrected chi connectivity index (χ2v) is 9.45. The van der Waals surface area contributed by atoms with Crippen LogP contribution < -0.4 is 4.72 Å². The number of hydrogen-bond donors (Lipinski definition) is 1. The van der Waals surface area contributed by atoms with E-state index in [-0.39, 0.29) is 23.0 Å². The lowest BCUT2D eigenvalue weighted by molar-refractivity contribution is -0.0969. The van der Waals surface area contributed by atoms with Crippen LogP contribution in [0.3, 0.4) is 0 Å². The third kappa shape index (κ3) is 4.66. The normalized spacial score (nSPS) is 20.3. The van der Waals surface area contributed by atoms with Gasteiger partial charge in [0.2, 0.25) is 0 Å². The Labute approximate surface area is 177 Å². The number of benzene rings is 2. The quantitative estimate of drug-likeness (QED) is 0.788. The minimum absolute atomic E-state index is 0.0601. The highest BCUT2D eigenvalue weighted by atomic mass is 32.2. The second-order valence-electron chi connectivity index (χ2n) is 7.76. The molecule has 1 atom stereocenters. The number of likely N-dealkylation sites (tertiary alicyclic amines) is 1. The monoisotopic (exact) mass is 430 g/mol. The summed E-state index contributed by atoms with van der Waals surface area (Å²) in [6, 6.07) is 13.3. The van der Waals surface area contributed by atoms with Crippen molar-refractivity contribution in [3.05, 3.63) is 59.7 Å². The van der Waals surface area contributed by atoms with Crippen molar-refractivity contribution in [3.8, 4) is 0 Å². The summed E-state index contributed by atoms with van der Waals surface area (Å²) < 4.78 is 39.4. The van der Waals surface area contributed by atoms with Crippen LogP contribution in [0.25, 0.3) is 0 Å². The SMILES string of the molecule is Cc1ccc(NS(=O)(=O)c2cccc(C(=O)N3CCCC(C4OCCO4)C3)c2)cc1. The van der Waals surface area contributed by atoms with E-state index < -0.39 is 10.0 Å². The summed E-state index contributed by atoms with van der Waals surface area (Å²) in [5.41, 5.74) is 1.88. The summed E-state index contributed by atoms with van der Waals surface area (Å²) in [5, 5.41) is 0. The summed E-state index contributed by atoms with van der Waals surface area (Å²) >= 11 is 0. The molecule has 2 aliphatic rings. The largest absolute Gasteiger partial charge is 0.350 e. The van der Waals surface area contributed by atoms with Crippen molar-refractivity contribution in [1.82, 2.24) is 4.90 Å². The number of amides is 1. The molecule has 7 nitrogen and oxygen atoms in total. The molecule has 2 aromatic rings. The molecule has 0 spiro atoms. The third-order valence-electron chi connectivity index (χ3n) is 5.47. The smallest absolute Gasteiger partial charge is 0.261 e. The van der Waals surface area contributed by atoms with Crippen LogP contribution in [0.5, 0.6) is 0 Å². The molecule has 30 heavy (non-hydrogen) atoms. The Morgan fingerprint density at radius 3 is 2.57 bits per heavy atom. The van der Waals surface area contributed by atoms with Crippen molar-refractivity contribution in [2.75, 3.05) is 31.0 Å². The first kappa shape index (κ1) is 20.8. The predicted octanol–water partition coefficient (Wildman–Crippen LogP) is 3.02. The van der Waals surface area contributed by atoms with Gasteiger partial charge in [0.15, 0.2) is 6.29 Å². The number of hydrogen-bond acceptors (Lipinski definition) is 5. The number of ether oxygens (including phenoxy) is 2. The molecule has 2 heterocycles. The van der Waals surface area contributed by atoms with Gasteiger partial charge < -0.3 is 14.4 Å². The number of carbonyl (C=O) groups excluding carboxylic acids is 1. The van der Waals surface area contributed by atoms with Crippen molar-refractivity contribution in [3.63, 3.8) is 0 Å². The van der Waals surface area contributed by atoms with E-state index >= 15 is 0 Å². The van der Waals surface area contributed by atoms with Crippen molar-refractivity contribution < 1.29 is 22.7 Å². The van der Waals surface area contributed by atoms with Crippen LogP contribution >= 0.6 is 0 Å². The number of piperidine rings is 1. The molecule has 1 amide bonds. The zero-order chi connectivity index (χ0) is 21.1. The maximum absolute atomic E-state index is 13.1. The van der Waals surface area contributed by atoms with Gasteiger partial charge in [0.05, 0.1) is 18.1 Å². The van der Waals surface area contributed by atoms with E-state index in [1.165, 1.54) is 12.1 Å². The van der Waals surface area contributed by atoms with Crippen molar-refractivity contribution in [2.24, 2.45) is 5.92 Å². The van der Waals surface area contributed by atoms with Gasteiger partial charge in [-0.3, -0.25) is 9.52 Å². The Hall–Kier alpha value is -2.42. The van der Waals surface area contributed by atoms with Gasteiger partial charge in [0, 0.05) is 30.3 Å². The van der Waals surface area contributed by atoms with E-state index in [0.717, 1.165) is 18.4 Å². The topological polar surface area (TPSA) is 84.9 Å². The average Bonchev–Trinajstić information content (AvgIpc) is 3.30. The van der Waals surface area contributed by atoms with Gasteiger partial charge in [0.1, 0.15) is 0 Å². The fourth-order valence-electron chi connectivity index (χ4n) is 3.88. The van der Waals surface area contributed by atoms with Gasteiger partial charge >= 0.3 is 0 Å². The molecule has 0 aromatic heterocycles. The van der Waals surface area contributed by atoms with E-state index in [0.29, 0.717) is 37.6 Å². The first-order valence-electron chi connectivity index (χ1n) is 10.1. The van der Waals surface area contributed by atoms with Crippen LogP contribution in [0.1, 0.15) is 28.8 Å². The zero-order valence-corrected chi connectivity index (χ0v) is 17.7. The van der Waals surface area contributed by atoms with Gasteiger partial charge in [0.25, 0.3) is 15.9 Å². The zero-order valence-electron chi connectivity index (χ0n) is 16.9. The van der Waals surface area contributed by atoms with Gasteiger partial charge in [-0.1, -0.05) is 23.8 Å². The van der Waals surface area contributed by atoms with Gasteiger partial charge in [-0.05, 0) is 50.1 Å². The predicted molar refractivity (Wildman–Crippen MR) is 113 cm³/mol. The van der Waals surface area contributed by atoms with Gasteiger partial charge in [-0.2, -0.15) is 0 Å². The second kappa shape index (κ2) is 8.75. The highest BCUT2D eigenvalue weighted by Gasteiger charge is 2.33. The van der Waals surface area contributed by atoms with Crippen molar-refractivity contribution in [2.45, 2.75) is 31.0 Å². The summed E-state index contributed by atoms with van der Waals surface area (Å²) in [6.45, 7) is 4.29. The lowest BCUT2D eigenvalue weighted by atomic mass is 9.96. The molecule has 4 rings (SSSR count). The third-order valence-corrected chi connectivity index (χ3v) is 6.85. The van der Waals surface area contributed by atoms with Crippen LogP contribution in [0.4, 0.5) is 5.69 Å². The molecular formula is C22H26N2O5S. The molecule has 2 fully saturated rings. The Balaban J connectivity index is 1.49. The number of anilines is 1. The molecule has 8 heteroatoms. The fourth-order valence-corrected chi connectivity index (χ4v) is 4.98. The number of carbonyl (C=O) groups is 1. The Kier molecular flexibility index (Phi) is 6.08. The summed E-state index contributed by atoms with van der Waals surface area (Å²) in [5.74, 6) is -0.0367. The van der Waals surface area contributed by atoms with Crippen molar-refractivity contribution in [1.29, 1.82) is 0 Å². The molecule has 1 N–H and O–H groups in total. The van der Waals surface area contributed by atoms with E-state index in [9.17, 15) is 13.2 Å². The Bertz CT molecular complexity index is 1000. The molecule has 2 aliphatic heterocycles. The minimum atomic E-state index is -3.80. The molecule has 2 aromatic carbocycles. The number of sulfonamides is 1. The van der Waals surface area contributed by atoms with Crippen LogP contribution in [0.2, 0.25) is 0 Å². The van der Waals surface area contributed by atoms with E-state index in [1.54, 1.807) is 29.2 Å². The number of nitrogens with one attached hydrogen (secondary N) is 1. The first-order chi connectivity index (χ1) is 14.4. The highest BCUT2D eigenvalue weighted by molar-refractivity contribution is 7.92. The van der Waals surface area contributed by atoms with Gasteiger partial charge in [-0.15, -0.1) is 0 Å². The lowest BCUT2D eigenvalue weighted by Gasteiger charge is -2.34.